The number of para-hydroxylation sites is 1. The lowest BCUT2D eigenvalue weighted by Crippen LogP contribution is -1.83. The highest BCUT2D eigenvalue weighted by atomic mass is 32.1. The molecule has 0 amide bonds. The molecule has 0 unspecified atom stereocenters. The van der Waals surface area contributed by atoms with Crippen molar-refractivity contribution >= 4 is 25.3 Å². The Morgan fingerprint density at radius 1 is 1.00 bits per heavy atom. The summed E-state index contributed by atoms with van der Waals surface area (Å²) in [6.45, 7) is 6.15. The number of aromatic hydroxyl groups is 1. The quantitative estimate of drug-likeness (QED) is 0.555. The first kappa shape index (κ1) is 17.2. The van der Waals surface area contributed by atoms with Gasteiger partial charge in [-0.1, -0.05) is 43.7 Å². The zero-order chi connectivity index (χ0) is 14.0. The normalized spacial score (nSPS) is 13.2. The fraction of sp³-hybridized carbons (Fsp3) is 0.333. The van der Waals surface area contributed by atoms with E-state index >= 15 is 0 Å². The summed E-state index contributed by atoms with van der Waals surface area (Å²) in [5.74, 6) is 0.232. The van der Waals surface area contributed by atoms with Gasteiger partial charge in [0.05, 0.1) is 0 Å². The van der Waals surface area contributed by atoms with E-state index in [0.29, 0.717) is 4.90 Å². The minimum absolute atomic E-state index is 0.232. The molecule has 3 heteroatoms. The summed E-state index contributed by atoms with van der Waals surface area (Å²) in [5, 5.41) is 8.84. The molecule has 0 saturated carbocycles. The molecule has 0 bridgehead atoms. The Morgan fingerprint density at radius 2 is 1.61 bits per heavy atom. The maximum Gasteiger partial charge on any atom is 0.128 e. The SMILES string of the molecule is CC.CC1=CC=C(S)CC1.Oc1ccccc1S. The van der Waals surface area contributed by atoms with E-state index in [1.54, 1.807) is 18.2 Å². The Morgan fingerprint density at radius 3 is 1.94 bits per heavy atom. The third-order valence-electron chi connectivity index (χ3n) is 2.22. The number of phenolic OH excluding ortho intramolecular Hbond substituents is 1. The Bertz CT molecular complexity index is 370. The lowest BCUT2D eigenvalue weighted by atomic mass is 10.1. The second-order valence-electron chi connectivity index (χ2n) is 3.66. The minimum Gasteiger partial charge on any atom is -0.507 e. The molecule has 0 aliphatic heterocycles. The maximum atomic E-state index is 8.84. The third-order valence-corrected chi connectivity index (χ3v) is 2.97. The average Bonchev–Trinajstić information content (AvgIpc) is 2.40. The fourth-order valence-corrected chi connectivity index (χ4v) is 1.54. The molecule has 0 spiro atoms. The molecule has 100 valence electrons. The van der Waals surface area contributed by atoms with Gasteiger partial charge in [0.2, 0.25) is 0 Å². The predicted molar refractivity (Wildman–Crippen MR) is 86.8 cm³/mol. The van der Waals surface area contributed by atoms with E-state index < -0.39 is 0 Å². The van der Waals surface area contributed by atoms with Gasteiger partial charge in [0.25, 0.3) is 0 Å². The number of allylic oxidation sites excluding steroid dienone is 4. The first-order valence-corrected chi connectivity index (χ1v) is 7.01. The number of phenols is 1. The molecule has 0 heterocycles. The van der Waals surface area contributed by atoms with Gasteiger partial charge in [0.1, 0.15) is 5.75 Å². The lowest BCUT2D eigenvalue weighted by Gasteiger charge is -2.04. The van der Waals surface area contributed by atoms with Gasteiger partial charge in [-0.05, 0) is 36.8 Å². The second-order valence-corrected chi connectivity index (χ2v) is 4.72. The van der Waals surface area contributed by atoms with Gasteiger partial charge >= 0.3 is 0 Å². The maximum absolute atomic E-state index is 8.84. The van der Waals surface area contributed by atoms with Crippen molar-refractivity contribution < 1.29 is 5.11 Å². The summed E-state index contributed by atoms with van der Waals surface area (Å²) in [6.07, 6.45) is 6.52. The number of benzene rings is 1. The average molecular weight is 282 g/mol. The minimum atomic E-state index is 0.232. The lowest BCUT2D eigenvalue weighted by molar-refractivity contribution is 0.463. The Hall–Kier alpha value is -0.800. The van der Waals surface area contributed by atoms with Crippen molar-refractivity contribution in [2.75, 3.05) is 0 Å². The van der Waals surface area contributed by atoms with E-state index in [0.717, 1.165) is 6.42 Å². The van der Waals surface area contributed by atoms with Crippen LogP contribution < -0.4 is 0 Å². The fourth-order valence-electron chi connectivity index (χ4n) is 1.19. The smallest absolute Gasteiger partial charge is 0.128 e. The van der Waals surface area contributed by atoms with Crippen LogP contribution in [0.1, 0.15) is 33.6 Å². The molecule has 2 rings (SSSR count). The molecule has 1 aliphatic rings. The summed E-state index contributed by atoms with van der Waals surface area (Å²) < 4.78 is 0. The summed E-state index contributed by atoms with van der Waals surface area (Å²) >= 11 is 8.17. The zero-order valence-corrected chi connectivity index (χ0v) is 13.0. The highest BCUT2D eigenvalue weighted by Gasteiger charge is 1.96. The standard InChI is InChI=1S/C7H10S.C6H6OS.C2H6/c1-6-2-4-7(8)5-3-6;7-5-3-1-2-4-6(5)8;1-2/h2,4,8H,3,5H2,1H3;1-4,7-8H;1-2H3. The van der Waals surface area contributed by atoms with E-state index in [1.165, 1.54) is 16.9 Å². The number of thiol groups is 2. The van der Waals surface area contributed by atoms with E-state index in [1.807, 2.05) is 19.9 Å². The van der Waals surface area contributed by atoms with Crippen LogP contribution in [0.25, 0.3) is 0 Å². The highest BCUT2D eigenvalue weighted by molar-refractivity contribution is 7.84. The molecule has 18 heavy (non-hydrogen) atoms. The van der Waals surface area contributed by atoms with E-state index in [-0.39, 0.29) is 5.75 Å². The molecule has 0 aromatic heterocycles. The van der Waals surface area contributed by atoms with E-state index in [4.69, 9.17) is 5.11 Å². The topological polar surface area (TPSA) is 20.2 Å². The molecular weight excluding hydrogens is 260 g/mol. The molecular formula is C15H22OS2. The number of rotatable bonds is 0. The molecule has 0 radical (unpaired) electrons. The first-order valence-electron chi connectivity index (χ1n) is 6.12. The number of hydrogen-bond donors (Lipinski definition) is 3. The zero-order valence-electron chi connectivity index (χ0n) is 11.2. The van der Waals surface area contributed by atoms with Crippen molar-refractivity contribution in [2.24, 2.45) is 0 Å². The van der Waals surface area contributed by atoms with Crippen LogP contribution in [0.2, 0.25) is 0 Å². The van der Waals surface area contributed by atoms with Crippen LogP contribution in [-0.4, -0.2) is 5.11 Å². The van der Waals surface area contributed by atoms with Crippen LogP contribution in [-0.2, 0) is 0 Å². The highest BCUT2D eigenvalue weighted by Crippen LogP contribution is 2.19. The summed E-state index contributed by atoms with van der Waals surface area (Å²) in [6, 6.07) is 6.91. The van der Waals surface area contributed by atoms with Crippen LogP contribution in [0.4, 0.5) is 0 Å². The van der Waals surface area contributed by atoms with Gasteiger partial charge < -0.3 is 5.11 Å². The van der Waals surface area contributed by atoms with Crippen LogP contribution >= 0.6 is 25.3 Å². The monoisotopic (exact) mass is 282 g/mol. The summed E-state index contributed by atoms with van der Waals surface area (Å²) in [5.41, 5.74) is 1.46. The van der Waals surface area contributed by atoms with E-state index in [9.17, 15) is 0 Å². The summed E-state index contributed by atoms with van der Waals surface area (Å²) in [7, 11) is 0. The largest absolute Gasteiger partial charge is 0.507 e. The van der Waals surface area contributed by atoms with Crippen LogP contribution in [0.3, 0.4) is 0 Å². The van der Waals surface area contributed by atoms with Crippen molar-refractivity contribution in [3.05, 3.63) is 46.9 Å². The molecule has 1 nitrogen and oxygen atoms in total. The van der Waals surface area contributed by atoms with Gasteiger partial charge in [-0.2, -0.15) is 0 Å². The molecule has 1 aromatic carbocycles. The van der Waals surface area contributed by atoms with Crippen LogP contribution in [0, 0.1) is 0 Å². The third kappa shape index (κ3) is 7.51. The van der Waals surface area contributed by atoms with Crippen molar-refractivity contribution in [3.8, 4) is 5.75 Å². The predicted octanol–water partition coefficient (Wildman–Crippen LogP) is 5.25. The van der Waals surface area contributed by atoms with Crippen molar-refractivity contribution in [1.29, 1.82) is 0 Å². The first-order chi connectivity index (χ1) is 8.59. The van der Waals surface area contributed by atoms with Crippen LogP contribution in [0.15, 0.2) is 51.8 Å². The van der Waals surface area contributed by atoms with Crippen molar-refractivity contribution in [1.82, 2.24) is 0 Å². The van der Waals surface area contributed by atoms with Gasteiger partial charge in [-0.3, -0.25) is 0 Å². The van der Waals surface area contributed by atoms with Gasteiger partial charge in [-0.15, -0.1) is 25.3 Å². The molecule has 0 saturated heterocycles. The van der Waals surface area contributed by atoms with Gasteiger partial charge in [-0.25, -0.2) is 0 Å². The van der Waals surface area contributed by atoms with Crippen molar-refractivity contribution in [2.45, 2.75) is 38.5 Å². The Balaban J connectivity index is 0.000000283. The Labute approximate surface area is 121 Å². The summed E-state index contributed by atoms with van der Waals surface area (Å²) in [4.78, 5) is 1.82. The number of hydrogen-bond acceptors (Lipinski definition) is 3. The molecule has 0 fully saturated rings. The van der Waals surface area contributed by atoms with Crippen molar-refractivity contribution in [3.63, 3.8) is 0 Å². The van der Waals surface area contributed by atoms with Gasteiger partial charge in [0.15, 0.2) is 0 Å². The molecule has 1 aliphatic carbocycles. The molecule has 1 N–H and O–H groups in total. The van der Waals surface area contributed by atoms with E-state index in [2.05, 4.69) is 44.3 Å². The molecule has 0 atom stereocenters. The van der Waals surface area contributed by atoms with Gasteiger partial charge in [0, 0.05) is 4.90 Å². The van der Waals surface area contributed by atoms with Crippen LogP contribution in [0.5, 0.6) is 5.75 Å². The second kappa shape index (κ2) is 10.2. The molecule has 1 aromatic rings. The Kier molecular flexibility index (Phi) is 9.70.